The van der Waals surface area contributed by atoms with E-state index in [1.165, 1.54) is 27.0 Å². The van der Waals surface area contributed by atoms with E-state index < -0.39 is 11.5 Å². The molecule has 0 atom stereocenters. The van der Waals surface area contributed by atoms with Crippen LogP contribution in [0, 0.1) is 5.82 Å². The predicted octanol–water partition coefficient (Wildman–Crippen LogP) is 2.68. The van der Waals surface area contributed by atoms with Crippen molar-refractivity contribution in [2.24, 2.45) is 0 Å². The number of rotatable bonds is 4. The summed E-state index contributed by atoms with van der Waals surface area (Å²) in [5.41, 5.74) is 1.51. The molecule has 0 amide bonds. The highest BCUT2D eigenvalue weighted by Crippen LogP contribution is 2.30. The topological polar surface area (TPSA) is 21.3 Å². The van der Waals surface area contributed by atoms with E-state index in [4.69, 9.17) is 0 Å². The number of hydrogen-bond donors (Lipinski definition) is 1. The van der Waals surface area contributed by atoms with Crippen molar-refractivity contribution in [3.8, 4) is 0 Å². The van der Waals surface area contributed by atoms with Gasteiger partial charge in [-0.1, -0.05) is 12.1 Å². The van der Waals surface area contributed by atoms with Gasteiger partial charge in [0, 0.05) is 12.1 Å². The summed E-state index contributed by atoms with van der Waals surface area (Å²) in [6.45, 7) is 2.94. The second-order valence-electron chi connectivity index (χ2n) is 3.77. The summed E-state index contributed by atoms with van der Waals surface area (Å²) < 4.78 is 27.2. The number of hydrogen-bond acceptors (Lipinski definition) is 2. The first-order chi connectivity index (χ1) is 6.96. The molecular formula is C11H15F2NO. The minimum Gasteiger partial charge on any atom is -0.305 e. The second kappa shape index (κ2) is 4.68. The van der Waals surface area contributed by atoms with Gasteiger partial charge in [0.05, 0.1) is 7.11 Å². The lowest BCUT2D eigenvalue weighted by atomic mass is 9.94. The lowest BCUT2D eigenvalue weighted by Gasteiger charge is -2.19. The molecule has 15 heavy (non-hydrogen) atoms. The van der Waals surface area contributed by atoms with Gasteiger partial charge in [-0.2, -0.15) is 5.48 Å². The van der Waals surface area contributed by atoms with Crippen LogP contribution in [0.5, 0.6) is 0 Å². The minimum absolute atomic E-state index is 0.0783. The average molecular weight is 215 g/mol. The Morgan fingerprint density at radius 3 is 2.60 bits per heavy atom. The zero-order valence-corrected chi connectivity index (χ0v) is 9.10. The SMILES string of the molecule is CONCc1cccc(F)c1C(C)(C)F. The van der Waals surface area contributed by atoms with Gasteiger partial charge in [0.25, 0.3) is 0 Å². The predicted molar refractivity (Wildman–Crippen MR) is 54.4 cm³/mol. The molecule has 0 saturated carbocycles. The fourth-order valence-corrected chi connectivity index (χ4v) is 1.53. The molecule has 0 fully saturated rings. The van der Waals surface area contributed by atoms with Crippen molar-refractivity contribution in [3.05, 3.63) is 35.1 Å². The van der Waals surface area contributed by atoms with Crippen LogP contribution in [-0.4, -0.2) is 7.11 Å². The lowest BCUT2D eigenvalue weighted by Crippen LogP contribution is -2.19. The summed E-state index contributed by atoms with van der Waals surface area (Å²) in [5.74, 6) is -0.530. The standard InChI is InChI=1S/C11H15F2NO/c1-11(2,13)10-8(7-14-15-3)5-4-6-9(10)12/h4-6,14H,7H2,1-3H3. The first kappa shape index (κ1) is 12.1. The van der Waals surface area contributed by atoms with Crippen LogP contribution in [0.2, 0.25) is 0 Å². The maximum absolute atomic E-state index is 13.8. The molecule has 0 bridgehead atoms. The van der Waals surface area contributed by atoms with Gasteiger partial charge in [0.1, 0.15) is 11.5 Å². The number of benzene rings is 1. The third-order valence-corrected chi connectivity index (χ3v) is 2.10. The van der Waals surface area contributed by atoms with E-state index in [9.17, 15) is 8.78 Å². The monoisotopic (exact) mass is 215 g/mol. The zero-order valence-electron chi connectivity index (χ0n) is 9.10. The molecule has 1 aromatic rings. The fourth-order valence-electron chi connectivity index (χ4n) is 1.53. The molecule has 0 unspecified atom stereocenters. The van der Waals surface area contributed by atoms with Crippen molar-refractivity contribution in [2.45, 2.75) is 26.1 Å². The van der Waals surface area contributed by atoms with Crippen LogP contribution in [0.25, 0.3) is 0 Å². The van der Waals surface area contributed by atoms with Crippen LogP contribution in [0.1, 0.15) is 25.0 Å². The molecule has 1 N–H and O–H groups in total. The second-order valence-corrected chi connectivity index (χ2v) is 3.77. The highest BCUT2D eigenvalue weighted by molar-refractivity contribution is 5.32. The van der Waals surface area contributed by atoms with Crippen molar-refractivity contribution in [3.63, 3.8) is 0 Å². The summed E-state index contributed by atoms with van der Waals surface area (Å²) in [7, 11) is 1.46. The van der Waals surface area contributed by atoms with Gasteiger partial charge in [-0.25, -0.2) is 8.78 Å². The Morgan fingerprint density at radius 2 is 2.07 bits per heavy atom. The lowest BCUT2D eigenvalue weighted by molar-refractivity contribution is 0.0854. The van der Waals surface area contributed by atoms with E-state index in [1.807, 2.05) is 0 Å². The van der Waals surface area contributed by atoms with Crippen molar-refractivity contribution in [1.82, 2.24) is 5.48 Å². The third kappa shape index (κ3) is 2.97. The highest BCUT2D eigenvalue weighted by atomic mass is 19.1. The van der Waals surface area contributed by atoms with Crippen LogP contribution in [0.3, 0.4) is 0 Å². The first-order valence-corrected chi connectivity index (χ1v) is 4.69. The largest absolute Gasteiger partial charge is 0.305 e. The molecule has 0 aliphatic carbocycles. The van der Waals surface area contributed by atoms with E-state index in [2.05, 4.69) is 10.3 Å². The Morgan fingerprint density at radius 1 is 1.40 bits per heavy atom. The Labute approximate surface area is 88.2 Å². The molecule has 1 aromatic carbocycles. The van der Waals surface area contributed by atoms with Gasteiger partial charge in [-0.05, 0) is 25.5 Å². The molecular weight excluding hydrogens is 200 g/mol. The molecule has 0 heterocycles. The van der Waals surface area contributed by atoms with Crippen LogP contribution < -0.4 is 5.48 Å². The Bertz CT molecular complexity index is 334. The summed E-state index contributed by atoms with van der Waals surface area (Å²) in [6, 6.07) is 4.48. The summed E-state index contributed by atoms with van der Waals surface area (Å²) in [6.07, 6.45) is 0. The molecule has 0 aromatic heterocycles. The number of alkyl halides is 1. The van der Waals surface area contributed by atoms with Gasteiger partial charge in [0.15, 0.2) is 0 Å². The minimum atomic E-state index is -1.70. The molecule has 0 spiro atoms. The Balaban J connectivity index is 3.09. The zero-order chi connectivity index (χ0) is 11.5. The fraction of sp³-hybridized carbons (Fsp3) is 0.455. The molecule has 0 aliphatic rings. The van der Waals surface area contributed by atoms with Gasteiger partial charge in [0.2, 0.25) is 0 Å². The number of nitrogens with one attached hydrogen (secondary N) is 1. The summed E-state index contributed by atoms with van der Waals surface area (Å²) >= 11 is 0. The normalized spacial score (nSPS) is 11.8. The van der Waals surface area contributed by atoms with Crippen molar-refractivity contribution in [1.29, 1.82) is 0 Å². The third-order valence-electron chi connectivity index (χ3n) is 2.10. The van der Waals surface area contributed by atoms with Gasteiger partial charge in [-0.3, -0.25) is 0 Å². The summed E-state index contributed by atoms with van der Waals surface area (Å²) in [4.78, 5) is 4.66. The van der Waals surface area contributed by atoms with E-state index in [1.54, 1.807) is 12.1 Å². The van der Waals surface area contributed by atoms with Crippen molar-refractivity contribution >= 4 is 0 Å². The quantitative estimate of drug-likeness (QED) is 0.780. The van der Waals surface area contributed by atoms with E-state index in [-0.39, 0.29) is 12.1 Å². The molecule has 0 aliphatic heterocycles. The average Bonchev–Trinajstić information content (AvgIpc) is 2.12. The Hall–Kier alpha value is -1.00. The van der Waals surface area contributed by atoms with Crippen molar-refractivity contribution in [2.75, 3.05) is 7.11 Å². The first-order valence-electron chi connectivity index (χ1n) is 4.69. The number of hydroxylamine groups is 1. The smallest absolute Gasteiger partial charge is 0.133 e. The van der Waals surface area contributed by atoms with Crippen molar-refractivity contribution < 1.29 is 13.6 Å². The molecule has 1 rings (SSSR count). The van der Waals surface area contributed by atoms with Gasteiger partial charge < -0.3 is 4.84 Å². The van der Waals surface area contributed by atoms with Crippen LogP contribution in [0.4, 0.5) is 8.78 Å². The molecule has 0 saturated heterocycles. The maximum atomic E-state index is 13.8. The van der Waals surface area contributed by atoms with Gasteiger partial charge in [-0.15, -0.1) is 0 Å². The maximum Gasteiger partial charge on any atom is 0.133 e. The van der Waals surface area contributed by atoms with Crippen LogP contribution >= 0.6 is 0 Å². The molecule has 84 valence electrons. The molecule has 2 nitrogen and oxygen atoms in total. The van der Waals surface area contributed by atoms with E-state index in [0.717, 1.165) is 0 Å². The van der Waals surface area contributed by atoms with Gasteiger partial charge >= 0.3 is 0 Å². The van der Waals surface area contributed by atoms with Crippen LogP contribution in [-0.2, 0) is 17.1 Å². The number of halogens is 2. The van der Waals surface area contributed by atoms with E-state index in [0.29, 0.717) is 5.56 Å². The molecule has 0 radical (unpaired) electrons. The highest BCUT2D eigenvalue weighted by Gasteiger charge is 2.26. The van der Waals surface area contributed by atoms with E-state index >= 15 is 0 Å². The Kier molecular flexibility index (Phi) is 3.77. The van der Waals surface area contributed by atoms with Crippen LogP contribution in [0.15, 0.2) is 18.2 Å². The molecule has 4 heteroatoms. The summed E-state index contributed by atoms with van der Waals surface area (Å²) in [5, 5.41) is 0.